The summed E-state index contributed by atoms with van der Waals surface area (Å²) in [6.45, 7) is 1.73. The van der Waals surface area contributed by atoms with Gasteiger partial charge in [-0.3, -0.25) is 9.69 Å². The number of hydrogen-bond donors (Lipinski definition) is 1. The number of nitrogens with two attached hydrogens (primary N) is 1. The van der Waals surface area contributed by atoms with Crippen LogP contribution in [0, 0.1) is 5.41 Å². The summed E-state index contributed by atoms with van der Waals surface area (Å²) < 4.78 is 0. The fourth-order valence-electron chi connectivity index (χ4n) is 3.89. The van der Waals surface area contributed by atoms with Gasteiger partial charge in [0.05, 0.1) is 10.4 Å². The molecule has 2 heterocycles. The van der Waals surface area contributed by atoms with E-state index in [1.165, 1.54) is 12.8 Å². The summed E-state index contributed by atoms with van der Waals surface area (Å²) in [4.78, 5) is 17.7. The molecular formula is C14H23N3OS. The molecule has 2 aliphatic heterocycles. The molecule has 2 bridgehead atoms. The fraction of sp³-hybridized carbons (Fsp3) is 0.857. The van der Waals surface area contributed by atoms with Crippen molar-refractivity contribution in [3.8, 4) is 0 Å². The average molecular weight is 281 g/mol. The molecule has 2 N–H and O–H groups in total. The van der Waals surface area contributed by atoms with Gasteiger partial charge in [-0.05, 0) is 39.2 Å². The number of rotatable bonds is 2. The second-order valence-electron chi connectivity index (χ2n) is 6.39. The minimum absolute atomic E-state index is 0.201. The molecule has 0 spiro atoms. The van der Waals surface area contributed by atoms with Gasteiger partial charge >= 0.3 is 0 Å². The van der Waals surface area contributed by atoms with Gasteiger partial charge < -0.3 is 10.6 Å². The summed E-state index contributed by atoms with van der Waals surface area (Å²) in [6.07, 6.45) is 6.35. The van der Waals surface area contributed by atoms with Gasteiger partial charge in [-0.15, -0.1) is 0 Å². The zero-order valence-electron chi connectivity index (χ0n) is 11.6. The Morgan fingerprint density at radius 2 is 1.95 bits per heavy atom. The number of fused-ring (bicyclic) bond motifs is 2. The number of hydrogen-bond acceptors (Lipinski definition) is 3. The quantitative estimate of drug-likeness (QED) is 0.771. The van der Waals surface area contributed by atoms with Crippen molar-refractivity contribution in [1.29, 1.82) is 0 Å². The fourth-order valence-corrected chi connectivity index (χ4v) is 4.18. The van der Waals surface area contributed by atoms with Gasteiger partial charge in [0.1, 0.15) is 0 Å². The lowest BCUT2D eigenvalue weighted by Gasteiger charge is -2.43. The average Bonchev–Trinajstić information content (AvgIpc) is 2.50. The van der Waals surface area contributed by atoms with E-state index < -0.39 is 5.41 Å². The topological polar surface area (TPSA) is 49.6 Å². The van der Waals surface area contributed by atoms with E-state index in [0.29, 0.717) is 17.1 Å². The number of nitrogens with zero attached hydrogens (tertiary/aromatic N) is 2. The predicted molar refractivity (Wildman–Crippen MR) is 78.8 cm³/mol. The standard InChI is InChI=1S/C14H23N3OS/c1-16-10-3-4-11(16)9-17(8-5-10)13(18)14(12(15)19)6-2-7-14/h10-11H,2-9H2,1H3,(H2,15,19). The molecule has 106 valence electrons. The third-order valence-corrected chi connectivity index (χ3v) is 5.91. The first-order valence-electron chi connectivity index (χ1n) is 7.36. The first kappa shape index (κ1) is 13.3. The van der Waals surface area contributed by atoms with Gasteiger partial charge in [0.25, 0.3) is 0 Å². The van der Waals surface area contributed by atoms with Crippen LogP contribution in [0.25, 0.3) is 0 Å². The zero-order chi connectivity index (χ0) is 13.6. The van der Waals surface area contributed by atoms with E-state index in [4.69, 9.17) is 18.0 Å². The molecule has 3 aliphatic rings. The summed E-state index contributed by atoms with van der Waals surface area (Å²) in [7, 11) is 2.20. The lowest BCUT2D eigenvalue weighted by atomic mass is 9.67. The Morgan fingerprint density at radius 3 is 2.53 bits per heavy atom. The molecule has 2 atom stereocenters. The molecule has 4 nitrogen and oxygen atoms in total. The Labute approximate surface area is 120 Å². The summed E-state index contributed by atoms with van der Waals surface area (Å²) in [5, 5.41) is 0. The maximum absolute atomic E-state index is 12.8. The number of carbonyl (C=O) groups is 1. The van der Waals surface area contributed by atoms with Crippen LogP contribution >= 0.6 is 12.2 Å². The second-order valence-corrected chi connectivity index (χ2v) is 6.83. The van der Waals surface area contributed by atoms with Crippen LogP contribution < -0.4 is 5.73 Å². The van der Waals surface area contributed by atoms with Crippen molar-refractivity contribution in [1.82, 2.24) is 9.80 Å². The minimum Gasteiger partial charge on any atom is -0.392 e. The number of likely N-dealkylation sites (N-methyl/N-ethyl adjacent to an activating group) is 1. The van der Waals surface area contributed by atoms with Gasteiger partial charge in [-0.25, -0.2) is 0 Å². The van der Waals surface area contributed by atoms with Crippen LogP contribution in [0.15, 0.2) is 0 Å². The Kier molecular flexibility index (Phi) is 3.29. The molecule has 0 aromatic rings. The largest absolute Gasteiger partial charge is 0.392 e. The lowest BCUT2D eigenvalue weighted by molar-refractivity contribution is -0.142. The first-order valence-corrected chi connectivity index (χ1v) is 7.76. The van der Waals surface area contributed by atoms with E-state index >= 15 is 0 Å². The number of thiocarbonyl (C=S) groups is 1. The Hall–Kier alpha value is -0.680. The van der Waals surface area contributed by atoms with Gasteiger partial charge in [0, 0.05) is 25.2 Å². The molecule has 3 fully saturated rings. The number of likely N-dealkylation sites (tertiary alicyclic amines) is 1. The Balaban J connectivity index is 1.76. The van der Waals surface area contributed by atoms with Crippen LogP contribution in [0.4, 0.5) is 0 Å². The van der Waals surface area contributed by atoms with E-state index in [1.54, 1.807) is 0 Å². The zero-order valence-corrected chi connectivity index (χ0v) is 12.4. The highest BCUT2D eigenvalue weighted by molar-refractivity contribution is 7.80. The molecule has 0 radical (unpaired) electrons. The van der Waals surface area contributed by atoms with Crippen molar-refractivity contribution in [2.75, 3.05) is 20.1 Å². The van der Waals surface area contributed by atoms with Crippen LogP contribution in [0.5, 0.6) is 0 Å². The van der Waals surface area contributed by atoms with Crippen molar-refractivity contribution in [3.63, 3.8) is 0 Å². The Morgan fingerprint density at radius 1 is 1.26 bits per heavy atom. The maximum atomic E-state index is 12.8. The molecule has 2 saturated heterocycles. The smallest absolute Gasteiger partial charge is 0.235 e. The van der Waals surface area contributed by atoms with Crippen LogP contribution in [0.3, 0.4) is 0 Å². The predicted octanol–water partition coefficient (Wildman–Crippen LogP) is 1.14. The van der Waals surface area contributed by atoms with Crippen LogP contribution in [-0.4, -0.2) is 52.9 Å². The van der Waals surface area contributed by atoms with Crippen LogP contribution in [-0.2, 0) is 4.79 Å². The number of amides is 1. The van der Waals surface area contributed by atoms with Gasteiger partial charge in [-0.1, -0.05) is 18.6 Å². The monoisotopic (exact) mass is 281 g/mol. The van der Waals surface area contributed by atoms with Crippen molar-refractivity contribution in [2.45, 2.75) is 50.6 Å². The van der Waals surface area contributed by atoms with Crippen molar-refractivity contribution in [2.24, 2.45) is 11.1 Å². The van der Waals surface area contributed by atoms with E-state index in [2.05, 4.69) is 11.9 Å². The summed E-state index contributed by atoms with van der Waals surface area (Å²) >= 11 is 5.17. The van der Waals surface area contributed by atoms with Crippen molar-refractivity contribution < 1.29 is 4.79 Å². The molecule has 1 saturated carbocycles. The Bertz CT molecular complexity index is 407. The molecule has 3 rings (SSSR count). The summed E-state index contributed by atoms with van der Waals surface area (Å²) in [5.41, 5.74) is 5.35. The van der Waals surface area contributed by atoms with E-state index in [9.17, 15) is 4.79 Å². The first-order chi connectivity index (χ1) is 9.04. The molecule has 5 heteroatoms. The van der Waals surface area contributed by atoms with E-state index in [1.807, 2.05) is 4.90 Å². The molecule has 1 amide bonds. The second kappa shape index (κ2) is 4.70. The van der Waals surface area contributed by atoms with Gasteiger partial charge in [0.2, 0.25) is 5.91 Å². The molecule has 19 heavy (non-hydrogen) atoms. The lowest BCUT2D eigenvalue weighted by Crippen LogP contribution is -2.55. The highest BCUT2D eigenvalue weighted by atomic mass is 32.1. The number of carbonyl (C=O) groups excluding carboxylic acids is 1. The molecular weight excluding hydrogens is 258 g/mol. The van der Waals surface area contributed by atoms with Crippen molar-refractivity contribution in [3.05, 3.63) is 0 Å². The third kappa shape index (κ3) is 1.98. The summed E-state index contributed by atoms with van der Waals surface area (Å²) in [5.74, 6) is 0.201. The highest BCUT2D eigenvalue weighted by Gasteiger charge is 2.50. The highest BCUT2D eigenvalue weighted by Crippen LogP contribution is 2.43. The molecule has 0 aromatic carbocycles. The molecule has 2 unspecified atom stereocenters. The normalized spacial score (nSPS) is 33.6. The van der Waals surface area contributed by atoms with Crippen LogP contribution in [0.1, 0.15) is 38.5 Å². The third-order valence-electron chi connectivity index (χ3n) is 5.52. The summed E-state index contributed by atoms with van der Waals surface area (Å²) in [6, 6.07) is 1.19. The minimum atomic E-state index is -0.502. The maximum Gasteiger partial charge on any atom is 0.235 e. The van der Waals surface area contributed by atoms with Crippen LogP contribution in [0.2, 0.25) is 0 Å². The molecule has 0 aromatic heterocycles. The van der Waals surface area contributed by atoms with Gasteiger partial charge in [-0.2, -0.15) is 0 Å². The SMILES string of the molecule is CN1C2CCC1CN(C(=O)C1(C(N)=S)CCC1)CC2. The van der Waals surface area contributed by atoms with E-state index in [0.717, 1.165) is 38.8 Å². The molecule has 1 aliphatic carbocycles. The van der Waals surface area contributed by atoms with Gasteiger partial charge in [0.15, 0.2) is 0 Å². The van der Waals surface area contributed by atoms with E-state index in [-0.39, 0.29) is 5.91 Å². The van der Waals surface area contributed by atoms with Crippen molar-refractivity contribution >= 4 is 23.1 Å².